The molecule has 3 heteroatoms. The third-order valence-corrected chi connectivity index (χ3v) is 3.69. The summed E-state index contributed by atoms with van der Waals surface area (Å²) in [7, 11) is 2.01. The molecule has 0 saturated carbocycles. The van der Waals surface area contributed by atoms with Gasteiger partial charge in [-0.25, -0.2) is 0 Å². The van der Waals surface area contributed by atoms with Crippen LogP contribution in [0.5, 0.6) is 0 Å². The van der Waals surface area contributed by atoms with Crippen molar-refractivity contribution in [2.45, 2.75) is 33.9 Å². The van der Waals surface area contributed by atoms with E-state index in [9.17, 15) is 0 Å². The van der Waals surface area contributed by atoms with E-state index in [1.54, 1.807) is 0 Å². The molecule has 0 aliphatic carbocycles. The number of rotatable bonds is 1. The van der Waals surface area contributed by atoms with Gasteiger partial charge in [-0.3, -0.25) is 4.90 Å². The van der Waals surface area contributed by atoms with Crippen LogP contribution < -0.4 is 4.90 Å². The lowest BCUT2D eigenvalue weighted by atomic mass is 10.0. The fourth-order valence-corrected chi connectivity index (χ4v) is 2.40. The largest absolute Gasteiger partial charge is 0.363 e. The third kappa shape index (κ3) is 1.84. The molecule has 0 saturated heterocycles. The molecule has 0 fully saturated rings. The van der Waals surface area contributed by atoms with Gasteiger partial charge in [-0.2, -0.15) is 0 Å². The molecule has 94 valence electrons. The second-order valence-electron chi connectivity index (χ2n) is 4.99. The Balaban J connectivity index is 2.56. The monoisotopic (exact) mass is 241 g/mol. The highest BCUT2D eigenvalue weighted by Crippen LogP contribution is 2.33. The number of hydrogen-bond donors (Lipinski definition) is 0. The summed E-state index contributed by atoms with van der Waals surface area (Å²) in [6, 6.07) is 4.35. The Kier molecular flexibility index (Phi) is 3.04. The molecular weight excluding hydrogens is 222 g/mol. The van der Waals surface area contributed by atoms with Gasteiger partial charge in [0.2, 0.25) is 5.82 Å². The number of hydrogen-bond acceptors (Lipinski definition) is 2. The van der Waals surface area contributed by atoms with Gasteiger partial charge < -0.3 is 9.74 Å². The minimum Gasteiger partial charge on any atom is -0.363 e. The van der Waals surface area contributed by atoms with Gasteiger partial charge in [0.25, 0.3) is 0 Å². The van der Waals surface area contributed by atoms with E-state index in [4.69, 9.17) is 6.57 Å². The topological polar surface area (TPSA) is 10.8 Å². The molecule has 1 heterocycles. The number of aryl methyl sites for hydroxylation is 2. The summed E-state index contributed by atoms with van der Waals surface area (Å²) in [4.78, 5) is 7.83. The maximum atomic E-state index is 7.33. The first-order valence-electron chi connectivity index (χ1n) is 6.14. The highest BCUT2D eigenvalue weighted by atomic mass is 15.4. The highest BCUT2D eigenvalue weighted by Gasteiger charge is 2.31. The summed E-state index contributed by atoms with van der Waals surface area (Å²) >= 11 is 0. The smallest absolute Gasteiger partial charge is 0.247 e. The molecule has 0 radical (unpaired) electrons. The first kappa shape index (κ1) is 12.5. The van der Waals surface area contributed by atoms with E-state index < -0.39 is 0 Å². The number of nitrogens with zero attached hydrogens (tertiary/aromatic N) is 3. The Morgan fingerprint density at radius 3 is 2.50 bits per heavy atom. The van der Waals surface area contributed by atoms with Crippen molar-refractivity contribution >= 4 is 5.69 Å². The zero-order chi connectivity index (χ0) is 13.4. The second kappa shape index (κ2) is 4.38. The molecule has 0 bridgehead atoms. The molecule has 1 aliphatic rings. The van der Waals surface area contributed by atoms with E-state index in [-0.39, 0.29) is 6.17 Å². The zero-order valence-corrected chi connectivity index (χ0v) is 11.7. The minimum atomic E-state index is 0.189. The summed E-state index contributed by atoms with van der Waals surface area (Å²) in [6.45, 7) is 15.8. The van der Waals surface area contributed by atoms with Crippen LogP contribution in [0.1, 0.15) is 23.6 Å². The van der Waals surface area contributed by atoms with Crippen LogP contribution in [0.15, 0.2) is 24.2 Å². The van der Waals surface area contributed by atoms with E-state index in [2.05, 4.69) is 54.5 Å². The van der Waals surface area contributed by atoms with Crippen molar-refractivity contribution in [2.75, 3.05) is 11.9 Å². The quantitative estimate of drug-likeness (QED) is 0.698. The Labute approximate surface area is 109 Å². The van der Waals surface area contributed by atoms with E-state index in [0.29, 0.717) is 5.82 Å². The molecule has 0 unspecified atom stereocenters. The first-order chi connectivity index (χ1) is 8.45. The second-order valence-corrected chi connectivity index (χ2v) is 4.99. The fraction of sp³-hybridized carbons (Fsp3) is 0.400. The van der Waals surface area contributed by atoms with E-state index >= 15 is 0 Å². The van der Waals surface area contributed by atoms with Gasteiger partial charge in [0.1, 0.15) is 5.69 Å². The predicted octanol–water partition coefficient (Wildman–Crippen LogP) is 3.43. The molecule has 1 aromatic carbocycles. The number of benzene rings is 1. The van der Waals surface area contributed by atoms with Crippen molar-refractivity contribution in [3.63, 3.8) is 0 Å². The van der Waals surface area contributed by atoms with Gasteiger partial charge in [-0.05, 0) is 50.5 Å². The molecule has 0 spiro atoms. The minimum absolute atomic E-state index is 0.189. The van der Waals surface area contributed by atoms with Crippen molar-refractivity contribution in [2.24, 2.45) is 0 Å². The van der Waals surface area contributed by atoms with Crippen molar-refractivity contribution < 1.29 is 0 Å². The maximum Gasteiger partial charge on any atom is 0.247 e. The van der Waals surface area contributed by atoms with Crippen LogP contribution in [0.2, 0.25) is 0 Å². The van der Waals surface area contributed by atoms with Gasteiger partial charge >= 0.3 is 0 Å². The highest BCUT2D eigenvalue weighted by molar-refractivity contribution is 5.63. The molecule has 1 aromatic rings. The van der Waals surface area contributed by atoms with Gasteiger partial charge in [-0.1, -0.05) is 12.6 Å². The molecular formula is C15H19N3. The van der Waals surface area contributed by atoms with Crippen LogP contribution in [0.4, 0.5) is 5.69 Å². The van der Waals surface area contributed by atoms with Crippen molar-refractivity contribution in [1.82, 2.24) is 4.90 Å². The molecule has 0 amide bonds. The SMILES string of the molecule is [C-]#[N+]C1=CN(C)[C@H](C)N1c1cc(C)cc(C)c1C. The molecule has 18 heavy (non-hydrogen) atoms. The van der Waals surface area contributed by atoms with Gasteiger partial charge in [0.05, 0.1) is 0 Å². The zero-order valence-electron chi connectivity index (χ0n) is 11.7. The number of anilines is 1. The summed E-state index contributed by atoms with van der Waals surface area (Å²) in [5.74, 6) is 0.693. The van der Waals surface area contributed by atoms with Crippen molar-refractivity contribution in [3.8, 4) is 0 Å². The fourth-order valence-electron chi connectivity index (χ4n) is 2.40. The lowest BCUT2D eigenvalue weighted by molar-refractivity contribution is 0.382. The van der Waals surface area contributed by atoms with Crippen LogP contribution in [0.25, 0.3) is 4.85 Å². The van der Waals surface area contributed by atoms with Crippen LogP contribution in [-0.2, 0) is 0 Å². The lowest BCUT2D eigenvalue weighted by Gasteiger charge is -2.27. The van der Waals surface area contributed by atoms with Crippen molar-refractivity contribution in [3.05, 3.63) is 52.3 Å². The van der Waals surface area contributed by atoms with E-state index in [1.807, 2.05) is 13.2 Å². The Hall–Kier alpha value is -1.95. The van der Waals surface area contributed by atoms with Crippen LogP contribution in [0, 0.1) is 27.3 Å². The standard InChI is InChI=1S/C15H19N3/c1-10-7-11(2)12(3)14(8-10)18-13(4)17(6)9-15(18)16-5/h7-9,13H,1-4,6H3/t13-/m0/s1. The maximum absolute atomic E-state index is 7.33. The van der Waals surface area contributed by atoms with Gasteiger partial charge in [-0.15, -0.1) is 0 Å². The van der Waals surface area contributed by atoms with Crippen LogP contribution in [-0.4, -0.2) is 18.1 Å². The summed E-state index contributed by atoms with van der Waals surface area (Å²) in [5.41, 5.74) is 4.90. The first-order valence-corrected chi connectivity index (χ1v) is 6.14. The normalized spacial score (nSPS) is 18.9. The molecule has 0 N–H and O–H groups in total. The average Bonchev–Trinajstić information content (AvgIpc) is 2.60. The molecule has 3 nitrogen and oxygen atoms in total. The predicted molar refractivity (Wildman–Crippen MR) is 75.0 cm³/mol. The molecule has 0 aromatic heterocycles. The Morgan fingerprint density at radius 2 is 1.89 bits per heavy atom. The Bertz CT molecular complexity index is 552. The third-order valence-electron chi connectivity index (χ3n) is 3.69. The van der Waals surface area contributed by atoms with Crippen LogP contribution in [0.3, 0.4) is 0 Å². The summed E-state index contributed by atoms with van der Waals surface area (Å²) < 4.78 is 0. The molecule has 1 atom stereocenters. The van der Waals surface area contributed by atoms with Crippen molar-refractivity contribution in [1.29, 1.82) is 0 Å². The molecule has 2 rings (SSSR count). The van der Waals surface area contributed by atoms with Gasteiger partial charge in [0, 0.05) is 13.2 Å². The van der Waals surface area contributed by atoms with E-state index in [0.717, 1.165) is 5.69 Å². The summed E-state index contributed by atoms with van der Waals surface area (Å²) in [6.07, 6.45) is 2.10. The lowest BCUT2D eigenvalue weighted by Crippen LogP contribution is -2.35. The summed E-state index contributed by atoms with van der Waals surface area (Å²) in [5, 5.41) is 0. The average molecular weight is 241 g/mol. The van der Waals surface area contributed by atoms with E-state index in [1.165, 1.54) is 16.7 Å². The van der Waals surface area contributed by atoms with Crippen LogP contribution >= 0.6 is 0 Å². The molecule has 1 aliphatic heterocycles. The van der Waals surface area contributed by atoms with Gasteiger partial charge in [0.15, 0.2) is 6.17 Å². The Morgan fingerprint density at radius 1 is 1.22 bits per heavy atom.